The molecular weight excluding hydrogens is 436 g/mol. The van der Waals surface area contributed by atoms with Gasteiger partial charge in [-0.05, 0) is 46.7 Å². The Kier molecular flexibility index (Phi) is 5.99. The highest BCUT2D eigenvalue weighted by atomic mass is 32.1. The molecule has 1 aliphatic heterocycles. The molecule has 2 heterocycles. The van der Waals surface area contributed by atoms with Gasteiger partial charge in [-0.25, -0.2) is 4.90 Å². The smallest absolute Gasteiger partial charge is 0.282 e. The normalized spacial score (nSPS) is 14.2. The van der Waals surface area contributed by atoms with Crippen molar-refractivity contribution in [2.24, 2.45) is 0 Å². The third kappa shape index (κ3) is 4.24. The number of ether oxygens (including phenoxy) is 2. The van der Waals surface area contributed by atoms with E-state index in [1.54, 1.807) is 18.2 Å². The van der Waals surface area contributed by atoms with E-state index in [9.17, 15) is 9.59 Å². The molecule has 2 amide bonds. The Morgan fingerprint density at radius 2 is 1.58 bits per heavy atom. The number of nitrogens with zero attached hydrogens (tertiary/aromatic N) is 1. The SMILES string of the molecule is COc1ccc(N2C(=O)C(Nc3ccc(C(C)(C)C)cc3)=C(c3cccs3)C2=O)cc1OC. The van der Waals surface area contributed by atoms with Crippen LogP contribution in [-0.2, 0) is 15.0 Å². The van der Waals surface area contributed by atoms with Crippen molar-refractivity contribution in [3.05, 3.63) is 76.1 Å². The summed E-state index contributed by atoms with van der Waals surface area (Å²) in [4.78, 5) is 28.9. The molecule has 6 nitrogen and oxygen atoms in total. The molecule has 0 fully saturated rings. The van der Waals surface area contributed by atoms with E-state index >= 15 is 0 Å². The van der Waals surface area contributed by atoms with Gasteiger partial charge in [0, 0.05) is 16.6 Å². The lowest BCUT2D eigenvalue weighted by Gasteiger charge is -2.19. The van der Waals surface area contributed by atoms with Gasteiger partial charge in [0.25, 0.3) is 11.8 Å². The van der Waals surface area contributed by atoms with Gasteiger partial charge in [0.15, 0.2) is 11.5 Å². The van der Waals surface area contributed by atoms with Crippen molar-refractivity contribution in [3.63, 3.8) is 0 Å². The number of hydrogen-bond acceptors (Lipinski definition) is 6. The minimum atomic E-state index is -0.421. The summed E-state index contributed by atoms with van der Waals surface area (Å²) >= 11 is 1.41. The zero-order chi connectivity index (χ0) is 23.8. The molecular formula is C26H26N2O4S. The number of imide groups is 1. The first kappa shape index (κ1) is 22.6. The van der Waals surface area contributed by atoms with Crippen LogP contribution in [0.5, 0.6) is 11.5 Å². The molecule has 2 aromatic carbocycles. The molecule has 3 aromatic rings. The monoisotopic (exact) mass is 462 g/mol. The van der Waals surface area contributed by atoms with Crippen molar-refractivity contribution >= 4 is 40.1 Å². The van der Waals surface area contributed by atoms with Crippen LogP contribution in [0.1, 0.15) is 31.2 Å². The van der Waals surface area contributed by atoms with E-state index in [0.29, 0.717) is 22.8 Å². The topological polar surface area (TPSA) is 67.9 Å². The summed E-state index contributed by atoms with van der Waals surface area (Å²) in [5, 5.41) is 5.09. The van der Waals surface area contributed by atoms with E-state index in [1.807, 2.05) is 41.8 Å². The average Bonchev–Trinajstić information content (AvgIpc) is 3.40. The molecule has 0 atom stereocenters. The number of hydrogen-bond donors (Lipinski definition) is 1. The van der Waals surface area contributed by atoms with Gasteiger partial charge in [0.05, 0.1) is 25.5 Å². The van der Waals surface area contributed by atoms with Crippen molar-refractivity contribution in [2.75, 3.05) is 24.4 Å². The summed E-state index contributed by atoms with van der Waals surface area (Å²) < 4.78 is 10.7. The van der Waals surface area contributed by atoms with Gasteiger partial charge in [-0.15, -0.1) is 11.3 Å². The van der Waals surface area contributed by atoms with Crippen LogP contribution in [0.15, 0.2) is 65.7 Å². The largest absolute Gasteiger partial charge is 0.493 e. The van der Waals surface area contributed by atoms with E-state index in [2.05, 4.69) is 26.1 Å². The zero-order valence-corrected chi connectivity index (χ0v) is 20.1. The highest BCUT2D eigenvalue weighted by Gasteiger charge is 2.41. The summed E-state index contributed by atoms with van der Waals surface area (Å²) in [6.45, 7) is 6.44. The summed E-state index contributed by atoms with van der Waals surface area (Å²) in [5.74, 6) is 0.149. The van der Waals surface area contributed by atoms with Crippen molar-refractivity contribution in [2.45, 2.75) is 26.2 Å². The number of nitrogens with one attached hydrogen (secondary N) is 1. The molecule has 0 bridgehead atoms. The van der Waals surface area contributed by atoms with Crippen LogP contribution in [0.25, 0.3) is 5.57 Å². The fraction of sp³-hybridized carbons (Fsp3) is 0.231. The molecule has 1 N–H and O–H groups in total. The highest BCUT2D eigenvalue weighted by molar-refractivity contribution is 7.11. The lowest BCUT2D eigenvalue weighted by atomic mass is 9.87. The highest BCUT2D eigenvalue weighted by Crippen LogP contribution is 2.38. The second kappa shape index (κ2) is 8.75. The minimum Gasteiger partial charge on any atom is -0.493 e. The van der Waals surface area contributed by atoms with Crippen molar-refractivity contribution in [1.29, 1.82) is 0 Å². The fourth-order valence-corrected chi connectivity index (χ4v) is 4.46. The summed E-state index contributed by atoms with van der Waals surface area (Å²) in [7, 11) is 3.05. The van der Waals surface area contributed by atoms with E-state index in [0.717, 1.165) is 10.6 Å². The summed E-state index contributed by atoms with van der Waals surface area (Å²) in [6, 6.07) is 16.6. The molecule has 0 spiro atoms. The number of thiophene rings is 1. The van der Waals surface area contributed by atoms with Crippen LogP contribution in [-0.4, -0.2) is 26.0 Å². The Labute approximate surface area is 197 Å². The van der Waals surface area contributed by atoms with Crippen LogP contribution in [0.4, 0.5) is 11.4 Å². The molecule has 7 heteroatoms. The molecule has 170 valence electrons. The van der Waals surface area contributed by atoms with Gasteiger partial charge in [-0.1, -0.05) is 39.0 Å². The maximum atomic E-state index is 13.5. The van der Waals surface area contributed by atoms with Crippen LogP contribution in [0.3, 0.4) is 0 Å². The summed E-state index contributed by atoms with van der Waals surface area (Å²) in [5.41, 5.74) is 2.95. The van der Waals surface area contributed by atoms with Gasteiger partial charge in [0.2, 0.25) is 0 Å². The third-order valence-electron chi connectivity index (χ3n) is 5.50. The second-order valence-electron chi connectivity index (χ2n) is 8.66. The Bertz CT molecular complexity index is 1220. The molecule has 0 aliphatic carbocycles. The second-order valence-corrected chi connectivity index (χ2v) is 9.61. The van der Waals surface area contributed by atoms with E-state index < -0.39 is 5.91 Å². The summed E-state index contributed by atoms with van der Waals surface area (Å²) in [6.07, 6.45) is 0. The molecule has 4 rings (SSSR count). The number of anilines is 2. The molecule has 1 aliphatic rings. The Balaban J connectivity index is 1.74. The molecule has 0 unspecified atom stereocenters. The Morgan fingerprint density at radius 3 is 2.15 bits per heavy atom. The van der Waals surface area contributed by atoms with Crippen LogP contribution < -0.4 is 19.7 Å². The standard InChI is InChI=1S/C26H26N2O4S/c1-26(2,3)16-8-10-17(11-9-16)27-23-22(21-7-6-14-33-21)24(29)28(25(23)30)18-12-13-19(31-4)20(15-18)32-5/h6-15,27H,1-5H3. The van der Waals surface area contributed by atoms with E-state index in [4.69, 9.17) is 9.47 Å². The third-order valence-corrected chi connectivity index (χ3v) is 6.38. The number of carbonyl (C=O) groups is 2. The first-order valence-electron chi connectivity index (χ1n) is 10.5. The molecule has 0 saturated carbocycles. The van der Waals surface area contributed by atoms with Crippen LogP contribution in [0.2, 0.25) is 0 Å². The van der Waals surface area contributed by atoms with E-state index in [-0.39, 0.29) is 17.0 Å². The Hall–Kier alpha value is -3.58. The quantitative estimate of drug-likeness (QED) is 0.493. The lowest BCUT2D eigenvalue weighted by molar-refractivity contribution is -0.120. The number of benzene rings is 2. The fourth-order valence-electron chi connectivity index (χ4n) is 3.69. The van der Waals surface area contributed by atoms with Gasteiger partial charge < -0.3 is 14.8 Å². The number of rotatable bonds is 6. The average molecular weight is 463 g/mol. The van der Waals surface area contributed by atoms with Crippen molar-refractivity contribution < 1.29 is 19.1 Å². The van der Waals surface area contributed by atoms with Crippen molar-refractivity contribution in [1.82, 2.24) is 0 Å². The van der Waals surface area contributed by atoms with Gasteiger partial charge in [-0.3, -0.25) is 9.59 Å². The van der Waals surface area contributed by atoms with E-state index in [1.165, 1.54) is 36.0 Å². The molecule has 0 saturated heterocycles. The van der Waals surface area contributed by atoms with Gasteiger partial charge >= 0.3 is 0 Å². The number of carbonyl (C=O) groups excluding carboxylic acids is 2. The maximum absolute atomic E-state index is 13.5. The predicted octanol–water partition coefficient (Wildman–Crippen LogP) is 5.46. The van der Waals surface area contributed by atoms with Crippen LogP contribution >= 0.6 is 11.3 Å². The first-order chi connectivity index (χ1) is 15.7. The zero-order valence-electron chi connectivity index (χ0n) is 19.3. The Morgan fingerprint density at radius 1 is 0.879 bits per heavy atom. The van der Waals surface area contributed by atoms with Gasteiger partial charge in [0.1, 0.15) is 5.70 Å². The minimum absolute atomic E-state index is 0.0172. The maximum Gasteiger partial charge on any atom is 0.282 e. The van der Waals surface area contributed by atoms with Crippen LogP contribution in [0, 0.1) is 0 Å². The van der Waals surface area contributed by atoms with Crippen molar-refractivity contribution in [3.8, 4) is 11.5 Å². The first-order valence-corrected chi connectivity index (χ1v) is 11.4. The lowest BCUT2D eigenvalue weighted by Crippen LogP contribution is -2.32. The van der Waals surface area contributed by atoms with Gasteiger partial charge in [-0.2, -0.15) is 0 Å². The number of methoxy groups -OCH3 is 2. The number of amides is 2. The molecule has 1 aromatic heterocycles. The molecule has 33 heavy (non-hydrogen) atoms. The molecule has 0 radical (unpaired) electrons. The predicted molar refractivity (Wildman–Crippen MR) is 132 cm³/mol.